The number of rotatable bonds is 2. The molecule has 2 aliphatic carbocycles. The van der Waals surface area contributed by atoms with Crippen molar-refractivity contribution in [1.29, 1.82) is 0 Å². The number of aliphatic carboxylic acids is 1. The van der Waals surface area contributed by atoms with Crippen molar-refractivity contribution in [2.45, 2.75) is 51.7 Å². The summed E-state index contributed by atoms with van der Waals surface area (Å²) in [5.74, 6) is -1.16. The van der Waals surface area contributed by atoms with E-state index in [1.54, 1.807) is 0 Å². The lowest BCUT2D eigenvalue weighted by atomic mass is 9.71. The van der Waals surface area contributed by atoms with Gasteiger partial charge in [0.25, 0.3) is 0 Å². The van der Waals surface area contributed by atoms with Gasteiger partial charge in [-0.3, -0.25) is 4.79 Å². The van der Waals surface area contributed by atoms with E-state index in [9.17, 15) is 15.0 Å². The molecule has 0 saturated carbocycles. The first kappa shape index (κ1) is 12.6. The fraction of sp³-hybridized carbons (Fsp3) is 0.769. The molecule has 0 amide bonds. The maximum absolute atomic E-state index is 10.8. The normalized spacial score (nSPS) is 35.9. The molecule has 17 heavy (non-hydrogen) atoms. The van der Waals surface area contributed by atoms with Crippen molar-refractivity contribution in [3.8, 4) is 0 Å². The van der Waals surface area contributed by atoms with Gasteiger partial charge in [0.05, 0.1) is 18.6 Å². The second-order valence-corrected chi connectivity index (χ2v) is 5.88. The summed E-state index contributed by atoms with van der Waals surface area (Å²) in [5, 5.41) is 29.0. The molecule has 0 spiro atoms. The van der Waals surface area contributed by atoms with Gasteiger partial charge in [-0.05, 0) is 35.8 Å². The van der Waals surface area contributed by atoms with Gasteiger partial charge in [0.1, 0.15) is 0 Å². The maximum Gasteiger partial charge on any atom is 0.303 e. The highest BCUT2D eigenvalue weighted by atomic mass is 16.4. The van der Waals surface area contributed by atoms with Crippen LogP contribution in [0.3, 0.4) is 0 Å². The van der Waals surface area contributed by atoms with Gasteiger partial charge in [-0.2, -0.15) is 0 Å². The van der Waals surface area contributed by atoms with Crippen molar-refractivity contribution in [2.75, 3.05) is 0 Å². The number of carboxylic acids is 1. The van der Waals surface area contributed by atoms with E-state index >= 15 is 0 Å². The molecule has 2 rings (SSSR count). The van der Waals surface area contributed by atoms with Crippen LogP contribution in [-0.2, 0) is 4.79 Å². The Labute approximate surface area is 101 Å². The first-order valence-electron chi connectivity index (χ1n) is 6.14. The number of aliphatic hydroxyl groups is 2. The lowest BCUT2D eigenvalue weighted by molar-refractivity contribution is -0.138. The Morgan fingerprint density at radius 3 is 2.59 bits per heavy atom. The smallest absolute Gasteiger partial charge is 0.303 e. The van der Waals surface area contributed by atoms with E-state index in [4.69, 9.17) is 5.11 Å². The Hall–Kier alpha value is -0.870. The minimum atomic E-state index is -0.888. The van der Waals surface area contributed by atoms with E-state index in [-0.39, 0.29) is 17.8 Å². The van der Waals surface area contributed by atoms with Crippen LogP contribution in [0.1, 0.15) is 39.5 Å². The predicted molar refractivity (Wildman–Crippen MR) is 62.4 cm³/mol. The van der Waals surface area contributed by atoms with E-state index in [1.807, 2.05) is 0 Å². The molecule has 0 bridgehead atoms. The number of hydrogen-bond donors (Lipinski definition) is 3. The van der Waals surface area contributed by atoms with Crippen LogP contribution in [-0.4, -0.2) is 33.5 Å². The molecule has 0 aromatic carbocycles. The van der Waals surface area contributed by atoms with E-state index < -0.39 is 18.2 Å². The molecule has 0 heterocycles. The topological polar surface area (TPSA) is 77.8 Å². The summed E-state index contributed by atoms with van der Waals surface area (Å²) in [6.45, 7) is 4.11. The van der Waals surface area contributed by atoms with Crippen LogP contribution in [0.15, 0.2) is 11.1 Å². The van der Waals surface area contributed by atoms with E-state index in [1.165, 1.54) is 0 Å². The van der Waals surface area contributed by atoms with Crippen molar-refractivity contribution in [3.05, 3.63) is 11.1 Å². The Kier molecular flexibility index (Phi) is 3.04. The van der Waals surface area contributed by atoms with Crippen LogP contribution >= 0.6 is 0 Å². The van der Waals surface area contributed by atoms with Crippen LogP contribution < -0.4 is 0 Å². The molecule has 0 unspecified atom stereocenters. The molecular formula is C13H20O4. The van der Waals surface area contributed by atoms with Gasteiger partial charge in [-0.1, -0.05) is 13.8 Å². The minimum Gasteiger partial charge on any atom is -0.481 e. The van der Waals surface area contributed by atoms with Gasteiger partial charge in [0.2, 0.25) is 0 Å². The predicted octanol–water partition coefficient (Wildman–Crippen LogP) is 1.32. The van der Waals surface area contributed by atoms with Gasteiger partial charge in [-0.25, -0.2) is 0 Å². The minimum absolute atomic E-state index is 0.0308. The van der Waals surface area contributed by atoms with Crippen LogP contribution in [0.4, 0.5) is 0 Å². The Morgan fingerprint density at radius 2 is 2.06 bits per heavy atom. The van der Waals surface area contributed by atoms with Crippen molar-refractivity contribution in [2.24, 2.45) is 11.3 Å². The van der Waals surface area contributed by atoms with Crippen molar-refractivity contribution in [3.63, 3.8) is 0 Å². The maximum atomic E-state index is 10.8. The van der Waals surface area contributed by atoms with Crippen molar-refractivity contribution in [1.82, 2.24) is 0 Å². The molecule has 4 heteroatoms. The Morgan fingerprint density at radius 1 is 1.41 bits per heavy atom. The zero-order valence-electron chi connectivity index (χ0n) is 10.3. The van der Waals surface area contributed by atoms with Crippen molar-refractivity contribution < 1.29 is 20.1 Å². The fourth-order valence-electron chi connectivity index (χ4n) is 3.29. The first-order chi connectivity index (χ1) is 7.83. The summed E-state index contributed by atoms with van der Waals surface area (Å²) in [4.78, 5) is 10.8. The number of carboxylic acid groups (broad SMARTS) is 1. The van der Waals surface area contributed by atoms with Gasteiger partial charge >= 0.3 is 5.97 Å². The summed E-state index contributed by atoms with van der Waals surface area (Å²) >= 11 is 0. The zero-order valence-corrected chi connectivity index (χ0v) is 10.3. The molecular weight excluding hydrogens is 220 g/mol. The SMILES string of the molecule is CC1(C)CC[C@H](O)C2=C1[C@@H](O)[C@@H](CC(=O)O)C2. The highest BCUT2D eigenvalue weighted by molar-refractivity contribution is 5.67. The van der Waals surface area contributed by atoms with E-state index in [0.717, 1.165) is 17.6 Å². The van der Waals surface area contributed by atoms with Crippen LogP contribution in [0.5, 0.6) is 0 Å². The lowest BCUT2D eigenvalue weighted by Crippen LogP contribution is -2.32. The highest BCUT2D eigenvalue weighted by Crippen LogP contribution is 2.50. The lowest BCUT2D eigenvalue weighted by Gasteiger charge is -2.36. The molecule has 0 aliphatic heterocycles. The molecule has 4 nitrogen and oxygen atoms in total. The molecule has 96 valence electrons. The molecule has 0 aromatic rings. The highest BCUT2D eigenvalue weighted by Gasteiger charge is 2.45. The monoisotopic (exact) mass is 240 g/mol. The molecule has 0 aromatic heterocycles. The van der Waals surface area contributed by atoms with E-state index in [2.05, 4.69) is 13.8 Å². The average Bonchev–Trinajstić information content (AvgIpc) is 2.52. The molecule has 0 saturated heterocycles. The summed E-state index contributed by atoms with van der Waals surface area (Å²) in [6.07, 6.45) is 0.838. The fourth-order valence-corrected chi connectivity index (χ4v) is 3.29. The summed E-state index contributed by atoms with van der Waals surface area (Å²) < 4.78 is 0. The second kappa shape index (κ2) is 4.10. The third-order valence-corrected chi connectivity index (χ3v) is 4.18. The summed E-state index contributed by atoms with van der Waals surface area (Å²) in [5.41, 5.74) is 1.66. The number of aliphatic hydroxyl groups excluding tert-OH is 2. The Balaban J connectivity index is 2.28. The van der Waals surface area contributed by atoms with Crippen LogP contribution in [0.2, 0.25) is 0 Å². The van der Waals surface area contributed by atoms with Crippen LogP contribution in [0.25, 0.3) is 0 Å². The van der Waals surface area contributed by atoms with Gasteiger partial charge in [0.15, 0.2) is 0 Å². The van der Waals surface area contributed by atoms with Gasteiger partial charge in [0, 0.05) is 5.92 Å². The second-order valence-electron chi connectivity index (χ2n) is 5.88. The molecule has 0 radical (unpaired) electrons. The third-order valence-electron chi connectivity index (χ3n) is 4.18. The Bertz CT molecular complexity index is 370. The molecule has 2 aliphatic rings. The average molecular weight is 240 g/mol. The number of hydrogen-bond acceptors (Lipinski definition) is 3. The zero-order chi connectivity index (χ0) is 12.8. The summed E-state index contributed by atoms with van der Waals surface area (Å²) in [7, 11) is 0. The van der Waals surface area contributed by atoms with Gasteiger partial charge < -0.3 is 15.3 Å². The molecule has 3 N–H and O–H groups in total. The quantitative estimate of drug-likeness (QED) is 0.636. The standard InChI is InChI=1S/C13H20O4/c1-13(2)4-3-9(14)8-5-7(6-10(15)16)12(17)11(8)13/h7,9,12,14,17H,3-6H2,1-2H3,(H,15,16)/t7-,9+,12+/m1/s1. The van der Waals surface area contributed by atoms with Gasteiger partial charge in [-0.15, -0.1) is 0 Å². The third kappa shape index (κ3) is 2.11. The summed E-state index contributed by atoms with van der Waals surface area (Å²) in [6, 6.07) is 0. The molecule has 0 fully saturated rings. The largest absolute Gasteiger partial charge is 0.481 e. The van der Waals surface area contributed by atoms with Crippen LogP contribution in [0, 0.1) is 11.3 Å². The van der Waals surface area contributed by atoms with E-state index in [0.29, 0.717) is 12.8 Å². The molecule has 3 atom stereocenters. The van der Waals surface area contributed by atoms with Crippen molar-refractivity contribution >= 4 is 5.97 Å². The first-order valence-corrected chi connectivity index (χ1v) is 6.14. The number of carbonyl (C=O) groups is 1.